The Balaban J connectivity index is 1.55. The number of aryl methyl sites for hydroxylation is 2. The molecule has 0 unspecified atom stereocenters. The molecule has 0 aliphatic rings. The van der Waals surface area contributed by atoms with Crippen LogP contribution in [0.5, 0.6) is 0 Å². The lowest BCUT2D eigenvalue weighted by Crippen LogP contribution is -2.11. The molecule has 0 saturated heterocycles. The molecule has 4 rings (SSSR count). The highest BCUT2D eigenvalue weighted by molar-refractivity contribution is 5.20. The van der Waals surface area contributed by atoms with Crippen molar-refractivity contribution in [3.05, 3.63) is 107 Å². The van der Waals surface area contributed by atoms with E-state index in [2.05, 4.69) is 54.2 Å². The Labute approximate surface area is 170 Å². The summed E-state index contributed by atoms with van der Waals surface area (Å²) in [6.45, 7) is 3.78. The Morgan fingerprint density at radius 1 is 0.448 bits per heavy atom. The van der Waals surface area contributed by atoms with Crippen LogP contribution in [-0.4, -0.2) is 29.9 Å². The molecular weight excluding hydrogens is 360 g/mol. The van der Waals surface area contributed by atoms with Gasteiger partial charge < -0.3 is 0 Å². The minimum Gasteiger partial charge on any atom is -0.218 e. The zero-order chi connectivity index (χ0) is 20.1. The van der Waals surface area contributed by atoms with Crippen LogP contribution in [0.3, 0.4) is 0 Å². The van der Waals surface area contributed by atoms with Gasteiger partial charge in [0, 0.05) is 12.8 Å². The van der Waals surface area contributed by atoms with Gasteiger partial charge in [0.15, 0.2) is 0 Å². The van der Waals surface area contributed by atoms with Crippen molar-refractivity contribution in [2.24, 2.45) is 0 Å². The van der Waals surface area contributed by atoms with E-state index in [0.717, 1.165) is 11.6 Å². The van der Waals surface area contributed by atoms with Crippen molar-refractivity contribution in [3.8, 4) is 0 Å². The summed E-state index contributed by atoms with van der Waals surface area (Å²) >= 11 is 0. The van der Waals surface area contributed by atoms with E-state index in [-0.39, 0.29) is 0 Å². The molecule has 0 atom stereocenters. The van der Waals surface area contributed by atoms with Crippen molar-refractivity contribution in [2.75, 3.05) is 0 Å². The summed E-state index contributed by atoms with van der Waals surface area (Å²) in [6, 6.07) is 20.4. The van der Waals surface area contributed by atoms with Gasteiger partial charge in [-0.2, -0.15) is 0 Å². The van der Waals surface area contributed by atoms with Crippen molar-refractivity contribution in [1.82, 2.24) is 29.9 Å². The number of benzene rings is 2. The summed E-state index contributed by atoms with van der Waals surface area (Å²) in [5.74, 6) is 4.29. The molecule has 6 heteroatoms. The minimum absolute atomic E-state index is 0.455. The van der Waals surface area contributed by atoms with E-state index in [1.807, 2.05) is 50.2 Å². The van der Waals surface area contributed by atoms with E-state index in [0.29, 0.717) is 42.6 Å². The monoisotopic (exact) mass is 382 g/mol. The molecule has 6 nitrogen and oxygen atoms in total. The normalized spacial score (nSPS) is 10.8. The Hall–Kier alpha value is -3.54. The third-order valence-corrected chi connectivity index (χ3v) is 4.41. The average Bonchev–Trinajstić information content (AvgIpc) is 2.68. The summed E-state index contributed by atoms with van der Waals surface area (Å²) in [5.41, 5.74) is 2.34. The second kappa shape index (κ2) is 8.65. The molecule has 29 heavy (non-hydrogen) atoms. The molecule has 0 radical (unpaired) electrons. The first-order chi connectivity index (χ1) is 14.1. The van der Waals surface area contributed by atoms with E-state index in [4.69, 9.17) is 0 Å². The Kier molecular flexibility index (Phi) is 5.61. The van der Waals surface area contributed by atoms with Crippen molar-refractivity contribution in [2.45, 2.75) is 33.1 Å². The van der Waals surface area contributed by atoms with Gasteiger partial charge in [-0.3, -0.25) is 0 Å². The maximum Gasteiger partial charge on any atom is 0.140 e. The molecule has 4 aromatic rings. The van der Waals surface area contributed by atoms with Crippen LogP contribution in [0, 0.1) is 13.8 Å². The minimum atomic E-state index is 0.455. The molecular formula is C23H22N6. The van der Waals surface area contributed by atoms with Crippen LogP contribution in [0.4, 0.5) is 0 Å². The Morgan fingerprint density at radius 3 is 1.17 bits per heavy atom. The van der Waals surface area contributed by atoms with Gasteiger partial charge in [0.25, 0.3) is 0 Å². The lowest BCUT2D eigenvalue weighted by molar-refractivity contribution is 0.767. The molecule has 0 aliphatic heterocycles. The van der Waals surface area contributed by atoms with Gasteiger partial charge in [-0.25, -0.2) is 29.9 Å². The van der Waals surface area contributed by atoms with Crippen LogP contribution >= 0.6 is 0 Å². The fourth-order valence-electron chi connectivity index (χ4n) is 3.21. The average molecular weight is 382 g/mol. The second-order valence-electron chi connectivity index (χ2n) is 6.93. The summed E-state index contributed by atoms with van der Waals surface area (Å²) < 4.78 is 0. The first kappa shape index (κ1) is 18.8. The molecule has 0 saturated carbocycles. The van der Waals surface area contributed by atoms with Gasteiger partial charge in [0.05, 0.1) is 6.42 Å². The topological polar surface area (TPSA) is 77.3 Å². The van der Waals surface area contributed by atoms with E-state index >= 15 is 0 Å². The first-order valence-electron chi connectivity index (χ1n) is 9.63. The molecule has 2 aromatic heterocycles. The highest BCUT2D eigenvalue weighted by Crippen LogP contribution is 2.10. The zero-order valence-corrected chi connectivity index (χ0v) is 16.6. The largest absolute Gasteiger partial charge is 0.218 e. The fourth-order valence-corrected chi connectivity index (χ4v) is 3.21. The van der Waals surface area contributed by atoms with E-state index < -0.39 is 0 Å². The molecule has 0 aliphatic carbocycles. The van der Waals surface area contributed by atoms with Gasteiger partial charge in [-0.1, -0.05) is 60.7 Å². The smallest absolute Gasteiger partial charge is 0.140 e. The third kappa shape index (κ3) is 5.25. The van der Waals surface area contributed by atoms with Crippen molar-refractivity contribution < 1.29 is 0 Å². The van der Waals surface area contributed by atoms with E-state index in [1.54, 1.807) is 0 Å². The van der Waals surface area contributed by atoms with Gasteiger partial charge >= 0.3 is 0 Å². The van der Waals surface area contributed by atoms with Gasteiger partial charge in [-0.15, -0.1) is 0 Å². The predicted molar refractivity (Wildman–Crippen MR) is 110 cm³/mol. The van der Waals surface area contributed by atoms with Crippen molar-refractivity contribution in [3.63, 3.8) is 0 Å². The van der Waals surface area contributed by atoms with Crippen LogP contribution in [0.2, 0.25) is 0 Å². The van der Waals surface area contributed by atoms with E-state index in [9.17, 15) is 0 Å². The van der Waals surface area contributed by atoms with Crippen LogP contribution < -0.4 is 0 Å². The molecule has 0 amide bonds. The maximum atomic E-state index is 4.64. The third-order valence-electron chi connectivity index (χ3n) is 4.41. The standard InChI is InChI=1S/C23H22N6/c1-16-24-20(13-18-9-5-3-6-10-18)28-22(26-16)15-23-27-17(2)25-21(29-23)14-19-11-7-4-8-12-19/h3-12H,13-15H2,1-2H3. The molecule has 2 aromatic carbocycles. The number of rotatable bonds is 6. The lowest BCUT2D eigenvalue weighted by atomic mass is 10.1. The molecule has 0 N–H and O–H groups in total. The van der Waals surface area contributed by atoms with Crippen LogP contribution in [0.25, 0.3) is 0 Å². The van der Waals surface area contributed by atoms with Crippen LogP contribution in [-0.2, 0) is 19.3 Å². The predicted octanol–water partition coefficient (Wildman–Crippen LogP) is 3.45. The fraction of sp³-hybridized carbons (Fsp3) is 0.217. The summed E-state index contributed by atoms with van der Waals surface area (Å²) in [4.78, 5) is 27.2. The second-order valence-corrected chi connectivity index (χ2v) is 6.93. The quantitative estimate of drug-likeness (QED) is 0.508. The van der Waals surface area contributed by atoms with Crippen molar-refractivity contribution in [1.29, 1.82) is 0 Å². The van der Waals surface area contributed by atoms with Gasteiger partial charge in [0.1, 0.15) is 34.9 Å². The molecule has 0 spiro atoms. The Bertz CT molecular complexity index is 1010. The van der Waals surface area contributed by atoms with Crippen LogP contribution in [0.15, 0.2) is 60.7 Å². The number of hydrogen-bond donors (Lipinski definition) is 0. The van der Waals surface area contributed by atoms with Gasteiger partial charge in [-0.05, 0) is 25.0 Å². The number of hydrogen-bond acceptors (Lipinski definition) is 6. The number of nitrogens with zero attached hydrogens (tertiary/aromatic N) is 6. The Morgan fingerprint density at radius 2 is 0.793 bits per heavy atom. The summed E-state index contributed by atoms with van der Waals surface area (Å²) in [7, 11) is 0. The van der Waals surface area contributed by atoms with Crippen LogP contribution in [0.1, 0.15) is 46.1 Å². The summed E-state index contributed by atoms with van der Waals surface area (Å²) in [5, 5.41) is 0. The summed E-state index contributed by atoms with van der Waals surface area (Å²) in [6.07, 6.45) is 1.80. The number of aromatic nitrogens is 6. The molecule has 2 heterocycles. The highest BCUT2D eigenvalue weighted by atomic mass is 15.1. The molecule has 144 valence electrons. The van der Waals surface area contributed by atoms with Crippen molar-refractivity contribution >= 4 is 0 Å². The van der Waals surface area contributed by atoms with E-state index in [1.165, 1.54) is 11.1 Å². The van der Waals surface area contributed by atoms with Gasteiger partial charge in [0.2, 0.25) is 0 Å². The SMILES string of the molecule is Cc1nc(Cc2ccccc2)nc(Cc2nc(C)nc(Cc3ccccc3)n2)n1. The lowest BCUT2D eigenvalue weighted by Gasteiger charge is -2.07. The highest BCUT2D eigenvalue weighted by Gasteiger charge is 2.10. The zero-order valence-electron chi connectivity index (χ0n) is 16.6. The maximum absolute atomic E-state index is 4.64. The molecule has 0 bridgehead atoms. The first-order valence-corrected chi connectivity index (χ1v) is 9.63. The molecule has 0 fully saturated rings.